The third-order valence-electron chi connectivity index (χ3n) is 2.87. The van der Waals surface area contributed by atoms with Gasteiger partial charge in [0.15, 0.2) is 0 Å². The first kappa shape index (κ1) is 12.1. The third-order valence-corrected chi connectivity index (χ3v) is 7.11. The second kappa shape index (κ2) is 4.41. The van der Waals surface area contributed by atoms with Crippen molar-refractivity contribution in [2.75, 3.05) is 5.73 Å². The van der Waals surface area contributed by atoms with Crippen LogP contribution in [0, 0.1) is 3.57 Å². The molecule has 0 radical (unpaired) electrons. The van der Waals surface area contributed by atoms with Gasteiger partial charge in [-0.2, -0.15) is 0 Å². The van der Waals surface area contributed by atoms with Crippen molar-refractivity contribution in [2.45, 2.75) is 0 Å². The summed E-state index contributed by atoms with van der Waals surface area (Å²) in [6.45, 7) is 0. The number of fused-ring (bicyclic) bond motifs is 2. The largest absolute Gasteiger partial charge is 0.398 e. The van der Waals surface area contributed by atoms with Crippen LogP contribution in [0.15, 0.2) is 29.6 Å². The molecule has 2 N–H and O–H groups in total. The number of halogens is 1. The number of thiophene rings is 2. The first-order valence-corrected chi connectivity index (χ1v) is 9.13. The quantitative estimate of drug-likeness (QED) is 0.333. The molecule has 0 aliphatic heterocycles. The zero-order chi connectivity index (χ0) is 13.0. The molecule has 0 spiro atoms. The molecule has 0 fully saturated rings. The minimum atomic E-state index is 0.817. The number of nitrogens with two attached hydrogens (primary N) is 1. The smallest absolute Gasteiger partial charge is 0.134 e. The number of rotatable bonds is 1. The summed E-state index contributed by atoms with van der Waals surface area (Å²) in [4.78, 5) is 6.00. The van der Waals surface area contributed by atoms with Gasteiger partial charge < -0.3 is 5.73 Å². The summed E-state index contributed by atoms with van der Waals surface area (Å²) in [5.41, 5.74) is 7.89. The lowest BCUT2D eigenvalue weighted by atomic mass is 10.3. The Hall–Kier alpha value is -0.700. The van der Waals surface area contributed by atoms with Gasteiger partial charge in [0.2, 0.25) is 0 Å². The Labute approximate surface area is 135 Å². The van der Waals surface area contributed by atoms with E-state index in [1.54, 1.807) is 34.0 Å². The molecule has 4 rings (SSSR count). The zero-order valence-corrected chi connectivity index (χ0v) is 14.1. The van der Waals surface area contributed by atoms with Crippen molar-refractivity contribution >= 4 is 81.9 Å². The van der Waals surface area contributed by atoms with E-state index in [1.807, 2.05) is 12.1 Å². The maximum atomic E-state index is 6.04. The molecule has 2 nitrogen and oxygen atoms in total. The van der Waals surface area contributed by atoms with Crippen LogP contribution in [0.2, 0.25) is 0 Å². The van der Waals surface area contributed by atoms with E-state index in [2.05, 4.69) is 40.1 Å². The van der Waals surface area contributed by atoms with E-state index in [9.17, 15) is 0 Å². The molecule has 0 atom stereocenters. The second-order valence-electron chi connectivity index (χ2n) is 4.09. The maximum absolute atomic E-state index is 6.04. The highest BCUT2D eigenvalue weighted by molar-refractivity contribution is 14.1. The van der Waals surface area contributed by atoms with Crippen LogP contribution < -0.4 is 5.73 Å². The van der Waals surface area contributed by atoms with E-state index in [0.717, 1.165) is 24.5 Å². The van der Waals surface area contributed by atoms with Gasteiger partial charge in [-0.3, -0.25) is 0 Å². The van der Waals surface area contributed by atoms with E-state index < -0.39 is 0 Å². The Morgan fingerprint density at radius 1 is 1.11 bits per heavy atom. The highest BCUT2D eigenvalue weighted by atomic mass is 127. The normalized spacial score (nSPS) is 11.6. The van der Waals surface area contributed by atoms with Crippen molar-refractivity contribution < 1.29 is 0 Å². The standard InChI is InChI=1S/C13H7IN2S3/c14-6-1-2-7(15)12-11(6)16-13(19-12)10-5-9-8(18-10)3-4-17-9/h1-5H,15H2. The molecule has 3 aromatic heterocycles. The lowest BCUT2D eigenvalue weighted by Crippen LogP contribution is -1.85. The summed E-state index contributed by atoms with van der Waals surface area (Å²) in [5, 5.41) is 3.20. The molecule has 0 amide bonds. The summed E-state index contributed by atoms with van der Waals surface area (Å²) >= 11 is 7.57. The van der Waals surface area contributed by atoms with Gasteiger partial charge >= 0.3 is 0 Å². The zero-order valence-electron chi connectivity index (χ0n) is 9.51. The van der Waals surface area contributed by atoms with E-state index in [-0.39, 0.29) is 0 Å². The molecule has 0 saturated carbocycles. The predicted octanol–water partition coefficient (Wildman–Crippen LogP) is 5.43. The van der Waals surface area contributed by atoms with Crippen molar-refractivity contribution in [3.8, 4) is 9.88 Å². The second-order valence-corrected chi connectivity index (χ2v) is 8.29. The summed E-state index contributed by atoms with van der Waals surface area (Å²) in [7, 11) is 0. The molecule has 1 aromatic carbocycles. The van der Waals surface area contributed by atoms with E-state index in [1.165, 1.54) is 14.3 Å². The fraction of sp³-hybridized carbons (Fsp3) is 0. The Balaban J connectivity index is 1.98. The minimum absolute atomic E-state index is 0.817. The summed E-state index contributed by atoms with van der Waals surface area (Å²) < 4.78 is 4.92. The number of nitrogen functional groups attached to an aromatic ring is 1. The lowest BCUT2D eigenvalue weighted by Gasteiger charge is -1.95. The fourth-order valence-corrected chi connectivity index (χ4v) is 5.90. The summed E-state index contributed by atoms with van der Waals surface area (Å²) in [5.74, 6) is 0. The van der Waals surface area contributed by atoms with Gasteiger partial charge in [0, 0.05) is 13.0 Å². The van der Waals surface area contributed by atoms with Crippen LogP contribution in [-0.2, 0) is 0 Å². The van der Waals surface area contributed by atoms with Crippen LogP contribution in [0.4, 0.5) is 5.69 Å². The van der Waals surface area contributed by atoms with Crippen LogP contribution in [0.1, 0.15) is 0 Å². The predicted molar refractivity (Wildman–Crippen MR) is 95.4 cm³/mol. The lowest BCUT2D eigenvalue weighted by molar-refractivity contribution is 1.49. The van der Waals surface area contributed by atoms with E-state index in [4.69, 9.17) is 10.7 Å². The third kappa shape index (κ3) is 1.89. The number of hydrogen-bond donors (Lipinski definition) is 1. The van der Waals surface area contributed by atoms with Crippen molar-refractivity contribution in [1.29, 1.82) is 0 Å². The van der Waals surface area contributed by atoms with Crippen LogP contribution in [0.25, 0.3) is 29.5 Å². The van der Waals surface area contributed by atoms with E-state index >= 15 is 0 Å². The first-order chi connectivity index (χ1) is 9.22. The highest BCUT2D eigenvalue weighted by Crippen LogP contribution is 2.41. The van der Waals surface area contributed by atoms with E-state index in [0.29, 0.717) is 0 Å². The van der Waals surface area contributed by atoms with Crippen molar-refractivity contribution in [2.24, 2.45) is 0 Å². The van der Waals surface area contributed by atoms with Gasteiger partial charge in [0.1, 0.15) is 5.01 Å². The van der Waals surface area contributed by atoms with Gasteiger partial charge in [0.05, 0.1) is 20.8 Å². The molecule has 0 bridgehead atoms. The van der Waals surface area contributed by atoms with Gasteiger partial charge in [-0.25, -0.2) is 4.98 Å². The average molecular weight is 414 g/mol. The first-order valence-electron chi connectivity index (χ1n) is 5.54. The molecule has 19 heavy (non-hydrogen) atoms. The van der Waals surface area contributed by atoms with Crippen molar-refractivity contribution in [3.05, 3.63) is 33.2 Å². The molecule has 0 aliphatic rings. The highest BCUT2D eigenvalue weighted by Gasteiger charge is 2.13. The van der Waals surface area contributed by atoms with Crippen molar-refractivity contribution in [1.82, 2.24) is 4.98 Å². The Bertz CT molecular complexity index is 836. The van der Waals surface area contributed by atoms with Gasteiger partial charge in [-0.05, 0) is 52.2 Å². The molecule has 4 aromatic rings. The fourth-order valence-electron chi connectivity index (χ4n) is 1.97. The Kier molecular flexibility index (Phi) is 2.80. The molecular weight excluding hydrogens is 407 g/mol. The number of benzene rings is 1. The van der Waals surface area contributed by atoms with Crippen LogP contribution in [-0.4, -0.2) is 4.98 Å². The van der Waals surface area contributed by atoms with Crippen LogP contribution in [0.5, 0.6) is 0 Å². The number of anilines is 1. The summed E-state index contributed by atoms with van der Waals surface area (Å²) in [6, 6.07) is 8.37. The topological polar surface area (TPSA) is 38.9 Å². The van der Waals surface area contributed by atoms with Gasteiger partial charge in [-0.15, -0.1) is 34.0 Å². The molecular formula is C13H7IN2S3. The Morgan fingerprint density at radius 2 is 2.00 bits per heavy atom. The SMILES string of the molecule is Nc1ccc(I)c2nc(-c3cc4sccc4s3)sc12. The van der Waals surface area contributed by atoms with Gasteiger partial charge in [-0.1, -0.05) is 0 Å². The number of hydrogen-bond acceptors (Lipinski definition) is 5. The molecule has 3 heterocycles. The number of aromatic nitrogens is 1. The molecule has 6 heteroatoms. The molecule has 0 aliphatic carbocycles. The summed E-state index contributed by atoms with van der Waals surface area (Å²) in [6.07, 6.45) is 0. The average Bonchev–Trinajstić information content (AvgIpc) is 3.05. The Morgan fingerprint density at radius 3 is 2.79 bits per heavy atom. The maximum Gasteiger partial charge on any atom is 0.134 e. The van der Waals surface area contributed by atoms with Crippen molar-refractivity contribution in [3.63, 3.8) is 0 Å². The number of thiazole rings is 1. The monoisotopic (exact) mass is 414 g/mol. The minimum Gasteiger partial charge on any atom is -0.398 e. The molecule has 94 valence electrons. The van der Waals surface area contributed by atoms with Crippen LogP contribution >= 0.6 is 56.6 Å². The van der Waals surface area contributed by atoms with Gasteiger partial charge in [0.25, 0.3) is 0 Å². The molecule has 0 unspecified atom stereocenters. The number of nitrogens with zero attached hydrogens (tertiary/aromatic N) is 1. The van der Waals surface area contributed by atoms with Crippen LogP contribution in [0.3, 0.4) is 0 Å². The molecule has 0 saturated heterocycles.